The first-order valence-electron chi connectivity index (χ1n) is 5.38. The highest BCUT2D eigenvalue weighted by Gasteiger charge is 2.18. The first-order chi connectivity index (χ1) is 8.22. The molecule has 17 heavy (non-hydrogen) atoms. The van der Waals surface area contributed by atoms with Crippen molar-refractivity contribution in [2.24, 2.45) is 0 Å². The topological polar surface area (TPSA) is 61.6 Å². The normalized spacial score (nSPS) is 12.4. The van der Waals surface area contributed by atoms with E-state index in [-0.39, 0.29) is 0 Å². The second-order valence-corrected chi connectivity index (χ2v) is 3.46. The predicted molar refractivity (Wildman–Crippen MR) is 60.7 cm³/mol. The molecular weight excluding hydrogens is 222 g/mol. The molecule has 0 saturated heterocycles. The summed E-state index contributed by atoms with van der Waals surface area (Å²) in [6.07, 6.45) is 2.43. The molecule has 2 rings (SSSR count). The van der Waals surface area contributed by atoms with Crippen molar-refractivity contribution in [1.82, 2.24) is 4.98 Å². The minimum atomic E-state index is -0.692. The summed E-state index contributed by atoms with van der Waals surface area (Å²) in [6, 6.07) is 3.48. The van der Waals surface area contributed by atoms with Crippen molar-refractivity contribution in [1.29, 1.82) is 0 Å². The zero-order valence-electron chi connectivity index (χ0n) is 9.67. The number of carbonyl (C=O) groups is 1. The molecule has 0 saturated carbocycles. The van der Waals surface area contributed by atoms with E-state index in [0.717, 1.165) is 5.39 Å². The molecule has 0 aromatic carbocycles. The monoisotopic (exact) mass is 235 g/mol. The smallest absolute Gasteiger partial charge is 0.347 e. The Labute approximate surface area is 98.3 Å². The fraction of sp³-hybridized carbons (Fsp3) is 0.333. The van der Waals surface area contributed by atoms with Gasteiger partial charge in [-0.1, -0.05) is 0 Å². The number of ether oxygens (including phenoxy) is 2. The lowest BCUT2D eigenvalue weighted by Gasteiger charge is -2.12. The Hall–Kier alpha value is -2.04. The van der Waals surface area contributed by atoms with E-state index < -0.39 is 12.1 Å². The van der Waals surface area contributed by atoms with Crippen molar-refractivity contribution >= 4 is 16.9 Å². The average Bonchev–Trinajstić information content (AvgIpc) is 2.78. The molecule has 2 heterocycles. The molecule has 5 nitrogen and oxygen atoms in total. The largest absolute Gasteiger partial charge is 0.464 e. The predicted octanol–water partition coefficient (Wildman–Crippen LogP) is 2.16. The van der Waals surface area contributed by atoms with Gasteiger partial charge in [0, 0.05) is 6.20 Å². The lowest BCUT2D eigenvalue weighted by molar-refractivity contribution is -0.150. The van der Waals surface area contributed by atoms with Gasteiger partial charge in [0.05, 0.1) is 18.3 Å². The van der Waals surface area contributed by atoms with Crippen molar-refractivity contribution in [3.63, 3.8) is 0 Å². The summed E-state index contributed by atoms with van der Waals surface area (Å²) >= 11 is 0. The number of furan rings is 1. The third-order valence-corrected chi connectivity index (χ3v) is 2.25. The Kier molecular flexibility index (Phi) is 3.27. The summed E-state index contributed by atoms with van der Waals surface area (Å²) in [6.45, 7) is 3.70. The third kappa shape index (κ3) is 2.38. The molecule has 0 radical (unpaired) electrons. The zero-order valence-corrected chi connectivity index (χ0v) is 9.67. The molecule has 2 aromatic heterocycles. The fourth-order valence-electron chi connectivity index (χ4n) is 1.44. The van der Waals surface area contributed by atoms with Crippen molar-refractivity contribution in [3.8, 4) is 5.88 Å². The van der Waals surface area contributed by atoms with E-state index in [4.69, 9.17) is 13.9 Å². The first-order valence-corrected chi connectivity index (χ1v) is 5.38. The van der Waals surface area contributed by atoms with Gasteiger partial charge in [0.2, 0.25) is 5.88 Å². The van der Waals surface area contributed by atoms with E-state index >= 15 is 0 Å². The summed E-state index contributed by atoms with van der Waals surface area (Å²) in [7, 11) is 0. The molecular formula is C12H13NO4. The number of rotatable bonds is 4. The minimum Gasteiger partial charge on any atom is -0.464 e. The van der Waals surface area contributed by atoms with Crippen molar-refractivity contribution < 1.29 is 18.7 Å². The average molecular weight is 235 g/mol. The van der Waals surface area contributed by atoms with Gasteiger partial charge in [0.25, 0.3) is 0 Å². The van der Waals surface area contributed by atoms with E-state index in [9.17, 15) is 4.79 Å². The summed E-state index contributed by atoms with van der Waals surface area (Å²) in [5.41, 5.74) is 0.672. The second-order valence-electron chi connectivity index (χ2n) is 3.46. The van der Waals surface area contributed by atoms with Gasteiger partial charge >= 0.3 is 5.97 Å². The van der Waals surface area contributed by atoms with Crippen LogP contribution in [0.4, 0.5) is 0 Å². The lowest BCUT2D eigenvalue weighted by atomic mass is 10.3. The number of carbonyl (C=O) groups excluding carboxylic acids is 1. The molecule has 1 unspecified atom stereocenters. The van der Waals surface area contributed by atoms with Crippen LogP contribution >= 0.6 is 0 Å². The van der Waals surface area contributed by atoms with Crippen LogP contribution in [0.3, 0.4) is 0 Å². The summed E-state index contributed by atoms with van der Waals surface area (Å²) < 4.78 is 15.5. The maximum absolute atomic E-state index is 11.4. The van der Waals surface area contributed by atoms with Crippen LogP contribution in [0.25, 0.3) is 11.0 Å². The van der Waals surface area contributed by atoms with E-state index in [1.807, 2.05) is 0 Å². The molecule has 5 heteroatoms. The van der Waals surface area contributed by atoms with Crippen molar-refractivity contribution in [2.75, 3.05) is 6.61 Å². The number of pyridine rings is 1. The molecule has 0 aliphatic carbocycles. The Morgan fingerprint density at radius 2 is 2.35 bits per heavy atom. The van der Waals surface area contributed by atoms with Gasteiger partial charge < -0.3 is 13.9 Å². The van der Waals surface area contributed by atoms with Gasteiger partial charge in [-0.15, -0.1) is 0 Å². The van der Waals surface area contributed by atoms with Gasteiger partial charge in [0.1, 0.15) is 5.58 Å². The van der Waals surface area contributed by atoms with Crippen LogP contribution in [0.2, 0.25) is 0 Å². The van der Waals surface area contributed by atoms with Gasteiger partial charge in [-0.05, 0) is 26.0 Å². The van der Waals surface area contributed by atoms with Crippen LogP contribution in [0.15, 0.2) is 29.0 Å². The SMILES string of the molecule is CCOC(=O)C(C)Oc1nccc2occc12. The number of nitrogens with zero attached hydrogens (tertiary/aromatic N) is 1. The highest BCUT2D eigenvalue weighted by molar-refractivity contribution is 5.82. The number of fused-ring (bicyclic) bond motifs is 1. The van der Waals surface area contributed by atoms with E-state index in [2.05, 4.69) is 4.98 Å². The molecule has 0 aliphatic rings. The quantitative estimate of drug-likeness (QED) is 0.760. The molecule has 0 N–H and O–H groups in total. The molecule has 0 bridgehead atoms. The van der Waals surface area contributed by atoms with Crippen LogP contribution in [0.5, 0.6) is 5.88 Å². The Balaban J connectivity index is 2.18. The Morgan fingerprint density at radius 3 is 3.12 bits per heavy atom. The van der Waals surface area contributed by atoms with Crippen LogP contribution in [-0.4, -0.2) is 23.7 Å². The summed E-state index contributed by atoms with van der Waals surface area (Å²) in [4.78, 5) is 15.5. The summed E-state index contributed by atoms with van der Waals surface area (Å²) in [5.74, 6) is -0.0356. The van der Waals surface area contributed by atoms with Gasteiger partial charge in [-0.25, -0.2) is 9.78 Å². The second kappa shape index (κ2) is 4.86. The first kappa shape index (κ1) is 11.4. The highest BCUT2D eigenvalue weighted by Crippen LogP contribution is 2.24. The third-order valence-electron chi connectivity index (χ3n) is 2.25. The Morgan fingerprint density at radius 1 is 1.53 bits per heavy atom. The highest BCUT2D eigenvalue weighted by atomic mass is 16.6. The zero-order chi connectivity index (χ0) is 12.3. The molecule has 0 spiro atoms. The molecule has 2 aromatic rings. The van der Waals surface area contributed by atoms with Crippen molar-refractivity contribution in [2.45, 2.75) is 20.0 Å². The number of aromatic nitrogens is 1. The van der Waals surface area contributed by atoms with Crippen molar-refractivity contribution in [3.05, 3.63) is 24.6 Å². The standard InChI is InChI=1S/C12H13NO4/c1-3-15-12(14)8(2)17-11-9-5-7-16-10(9)4-6-13-11/h4-8H,3H2,1-2H3. The number of esters is 1. The molecule has 90 valence electrons. The maximum Gasteiger partial charge on any atom is 0.347 e. The van der Waals surface area contributed by atoms with Gasteiger partial charge in [0.15, 0.2) is 6.10 Å². The minimum absolute atomic E-state index is 0.329. The van der Waals surface area contributed by atoms with E-state index in [0.29, 0.717) is 18.1 Å². The fourth-order valence-corrected chi connectivity index (χ4v) is 1.44. The number of hydrogen-bond donors (Lipinski definition) is 0. The van der Waals surface area contributed by atoms with E-state index in [1.54, 1.807) is 38.4 Å². The molecule has 0 amide bonds. The molecule has 0 aliphatic heterocycles. The Bertz CT molecular complexity index is 520. The molecule has 1 atom stereocenters. The lowest BCUT2D eigenvalue weighted by Crippen LogP contribution is -2.26. The summed E-state index contributed by atoms with van der Waals surface area (Å²) in [5, 5.41) is 0.739. The van der Waals surface area contributed by atoms with Crippen LogP contribution < -0.4 is 4.74 Å². The van der Waals surface area contributed by atoms with E-state index in [1.165, 1.54) is 0 Å². The molecule has 0 fully saturated rings. The van der Waals surface area contributed by atoms with Gasteiger partial charge in [-0.2, -0.15) is 0 Å². The van der Waals surface area contributed by atoms with Crippen LogP contribution in [0.1, 0.15) is 13.8 Å². The van der Waals surface area contributed by atoms with Crippen LogP contribution in [-0.2, 0) is 9.53 Å². The maximum atomic E-state index is 11.4. The van der Waals surface area contributed by atoms with Crippen LogP contribution in [0, 0.1) is 0 Å². The van der Waals surface area contributed by atoms with Gasteiger partial charge in [-0.3, -0.25) is 0 Å². The number of hydrogen-bond acceptors (Lipinski definition) is 5.